The normalized spacial score (nSPS) is 20.1. The van der Waals surface area contributed by atoms with Crippen LogP contribution in [0.25, 0.3) is 0 Å². The predicted molar refractivity (Wildman–Crippen MR) is 44.4 cm³/mol. The van der Waals surface area contributed by atoms with Crippen LogP contribution in [0.2, 0.25) is 0 Å². The second kappa shape index (κ2) is 5.33. The molecular formula is C9H16O2. The number of hydrogen-bond acceptors (Lipinski definition) is 2. The van der Waals surface area contributed by atoms with Crippen LogP contribution in [0.3, 0.4) is 0 Å². The maximum Gasteiger partial charge on any atom is 0.177 e. The summed E-state index contributed by atoms with van der Waals surface area (Å²) in [5, 5.41) is 0. The summed E-state index contributed by atoms with van der Waals surface area (Å²) in [5.41, 5.74) is 0. The van der Waals surface area contributed by atoms with Crippen molar-refractivity contribution in [2.24, 2.45) is 0 Å². The van der Waals surface area contributed by atoms with E-state index in [0.717, 1.165) is 19.6 Å². The molecule has 0 aliphatic carbocycles. The molecule has 0 aromatic rings. The van der Waals surface area contributed by atoms with Gasteiger partial charge >= 0.3 is 0 Å². The topological polar surface area (TPSA) is 18.5 Å². The molecule has 11 heavy (non-hydrogen) atoms. The molecule has 1 saturated heterocycles. The van der Waals surface area contributed by atoms with E-state index >= 15 is 0 Å². The maximum absolute atomic E-state index is 5.22. The zero-order valence-corrected chi connectivity index (χ0v) is 7.08. The summed E-state index contributed by atoms with van der Waals surface area (Å²) < 4.78 is 10.4. The quantitative estimate of drug-likeness (QED) is 0.458. The number of rotatable bonds is 4. The Hall–Kier alpha value is -0.340. The van der Waals surface area contributed by atoms with E-state index in [1.807, 2.05) is 6.08 Å². The lowest BCUT2D eigenvalue weighted by molar-refractivity contribution is -0.00173. The first-order valence-corrected chi connectivity index (χ1v) is 4.33. The number of hydrogen-bond donors (Lipinski definition) is 0. The van der Waals surface area contributed by atoms with Gasteiger partial charge < -0.3 is 9.47 Å². The molecule has 0 aromatic carbocycles. The lowest BCUT2D eigenvalue weighted by atomic mass is 10.2. The highest BCUT2D eigenvalue weighted by Crippen LogP contribution is 2.05. The largest absolute Gasteiger partial charge is 0.347 e. The van der Waals surface area contributed by atoms with Crippen LogP contribution in [-0.4, -0.2) is 19.5 Å². The summed E-state index contributed by atoms with van der Waals surface area (Å²) in [7, 11) is 0. The fourth-order valence-electron chi connectivity index (χ4n) is 1.02. The van der Waals surface area contributed by atoms with Crippen LogP contribution in [0.15, 0.2) is 12.2 Å². The Kier molecular flexibility index (Phi) is 4.24. The van der Waals surface area contributed by atoms with Gasteiger partial charge in [-0.25, -0.2) is 0 Å². The van der Waals surface area contributed by atoms with Crippen molar-refractivity contribution in [3.63, 3.8) is 0 Å². The van der Waals surface area contributed by atoms with Gasteiger partial charge in [0.05, 0.1) is 13.2 Å². The van der Waals surface area contributed by atoms with E-state index in [1.54, 1.807) is 0 Å². The predicted octanol–water partition coefficient (Wildman–Crippen LogP) is 2.11. The molecule has 1 aliphatic heterocycles. The molecular weight excluding hydrogens is 140 g/mol. The highest BCUT2D eigenvalue weighted by Gasteiger charge is 2.10. The molecule has 2 heteroatoms. The van der Waals surface area contributed by atoms with Crippen LogP contribution >= 0.6 is 0 Å². The Morgan fingerprint density at radius 3 is 2.73 bits per heavy atom. The van der Waals surface area contributed by atoms with Gasteiger partial charge in [-0.1, -0.05) is 25.8 Å². The van der Waals surface area contributed by atoms with E-state index in [0.29, 0.717) is 0 Å². The highest BCUT2D eigenvalue weighted by atomic mass is 16.7. The molecule has 0 bridgehead atoms. The van der Waals surface area contributed by atoms with Gasteiger partial charge in [-0.05, 0) is 12.5 Å². The van der Waals surface area contributed by atoms with Gasteiger partial charge in [0, 0.05) is 0 Å². The van der Waals surface area contributed by atoms with Crippen molar-refractivity contribution in [3.05, 3.63) is 12.2 Å². The molecule has 0 amide bonds. The molecule has 0 saturated carbocycles. The molecule has 0 N–H and O–H groups in total. The van der Waals surface area contributed by atoms with E-state index < -0.39 is 0 Å². The Labute approximate surface area is 68.2 Å². The van der Waals surface area contributed by atoms with Crippen molar-refractivity contribution in [3.8, 4) is 0 Å². The minimum atomic E-state index is -0.0631. The van der Waals surface area contributed by atoms with Gasteiger partial charge in [0.1, 0.15) is 0 Å². The standard InChI is InChI=1S/C9H16O2/c1-2-3-4-5-6-9-10-7-8-11-9/h5-6,9H,2-4,7-8H2,1H3. The summed E-state index contributed by atoms with van der Waals surface area (Å²) in [6.07, 6.45) is 7.72. The second-order valence-electron chi connectivity index (χ2n) is 2.68. The van der Waals surface area contributed by atoms with Crippen LogP contribution in [-0.2, 0) is 9.47 Å². The van der Waals surface area contributed by atoms with Crippen molar-refractivity contribution < 1.29 is 9.47 Å². The zero-order chi connectivity index (χ0) is 7.94. The number of allylic oxidation sites excluding steroid dienone is 1. The first-order chi connectivity index (χ1) is 5.43. The highest BCUT2D eigenvalue weighted by molar-refractivity contribution is 4.86. The summed E-state index contributed by atoms with van der Waals surface area (Å²) in [4.78, 5) is 0. The third kappa shape index (κ3) is 3.54. The first-order valence-electron chi connectivity index (χ1n) is 4.33. The third-order valence-electron chi connectivity index (χ3n) is 1.67. The molecule has 1 rings (SSSR count). The average molecular weight is 156 g/mol. The van der Waals surface area contributed by atoms with Crippen molar-refractivity contribution in [1.29, 1.82) is 0 Å². The Morgan fingerprint density at radius 1 is 1.36 bits per heavy atom. The molecule has 1 heterocycles. The molecule has 0 spiro atoms. The number of ether oxygens (including phenoxy) is 2. The van der Waals surface area contributed by atoms with Gasteiger partial charge in [0.15, 0.2) is 6.29 Å². The molecule has 1 fully saturated rings. The van der Waals surface area contributed by atoms with Crippen molar-refractivity contribution in [2.45, 2.75) is 32.5 Å². The van der Waals surface area contributed by atoms with E-state index in [1.165, 1.54) is 12.8 Å². The summed E-state index contributed by atoms with van der Waals surface area (Å²) in [6, 6.07) is 0. The summed E-state index contributed by atoms with van der Waals surface area (Å²) in [6.45, 7) is 3.67. The van der Waals surface area contributed by atoms with Crippen LogP contribution in [0.5, 0.6) is 0 Å². The molecule has 64 valence electrons. The monoisotopic (exact) mass is 156 g/mol. The van der Waals surface area contributed by atoms with Gasteiger partial charge in [0.2, 0.25) is 0 Å². The van der Waals surface area contributed by atoms with Crippen LogP contribution < -0.4 is 0 Å². The minimum absolute atomic E-state index is 0.0631. The zero-order valence-electron chi connectivity index (χ0n) is 7.08. The first kappa shape index (κ1) is 8.75. The summed E-state index contributed by atoms with van der Waals surface area (Å²) >= 11 is 0. The molecule has 0 unspecified atom stereocenters. The molecule has 0 radical (unpaired) electrons. The molecule has 1 aliphatic rings. The van der Waals surface area contributed by atoms with E-state index in [2.05, 4.69) is 13.0 Å². The smallest absolute Gasteiger partial charge is 0.177 e. The van der Waals surface area contributed by atoms with Crippen LogP contribution in [0.1, 0.15) is 26.2 Å². The Balaban J connectivity index is 2.03. The van der Waals surface area contributed by atoms with Crippen LogP contribution in [0.4, 0.5) is 0 Å². The van der Waals surface area contributed by atoms with Crippen molar-refractivity contribution in [2.75, 3.05) is 13.2 Å². The van der Waals surface area contributed by atoms with Crippen molar-refractivity contribution >= 4 is 0 Å². The van der Waals surface area contributed by atoms with Gasteiger partial charge in [-0.3, -0.25) is 0 Å². The Bertz CT molecular complexity index is 115. The van der Waals surface area contributed by atoms with Crippen LogP contribution in [0, 0.1) is 0 Å². The van der Waals surface area contributed by atoms with E-state index in [4.69, 9.17) is 9.47 Å². The van der Waals surface area contributed by atoms with E-state index in [9.17, 15) is 0 Å². The van der Waals surface area contributed by atoms with Crippen molar-refractivity contribution in [1.82, 2.24) is 0 Å². The molecule has 0 aromatic heterocycles. The maximum atomic E-state index is 5.22. The third-order valence-corrected chi connectivity index (χ3v) is 1.67. The fourth-order valence-corrected chi connectivity index (χ4v) is 1.02. The Morgan fingerprint density at radius 2 is 2.09 bits per heavy atom. The SMILES string of the molecule is CCCCC=CC1OCCO1. The second-order valence-corrected chi connectivity index (χ2v) is 2.68. The minimum Gasteiger partial charge on any atom is -0.347 e. The van der Waals surface area contributed by atoms with Gasteiger partial charge in [-0.2, -0.15) is 0 Å². The lowest BCUT2D eigenvalue weighted by Gasteiger charge is -2.00. The summed E-state index contributed by atoms with van der Waals surface area (Å²) in [5.74, 6) is 0. The number of unbranched alkanes of at least 4 members (excludes halogenated alkanes) is 2. The van der Waals surface area contributed by atoms with E-state index in [-0.39, 0.29) is 6.29 Å². The molecule has 0 atom stereocenters. The lowest BCUT2D eigenvalue weighted by Crippen LogP contribution is -2.01. The van der Waals surface area contributed by atoms with Gasteiger partial charge in [0.25, 0.3) is 0 Å². The molecule has 2 nitrogen and oxygen atoms in total. The average Bonchev–Trinajstić information content (AvgIpc) is 2.50. The van der Waals surface area contributed by atoms with Gasteiger partial charge in [-0.15, -0.1) is 0 Å². The fraction of sp³-hybridized carbons (Fsp3) is 0.778.